The molecular formula is C13H21N5O3. The molecule has 2 N–H and O–H groups in total. The minimum absolute atomic E-state index is 0.101. The summed E-state index contributed by atoms with van der Waals surface area (Å²) in [5.41, 5.74) is -0.101. The monoisotopic (exact) mass is 295 g/mol. The first-order valence-electron chi connectivity index (χ1n) is 7.23. The summed E-state index contributed by atoms with van der Waals surface area (Å²) < 4.78 is 5.48. The van der Waals surface area contributed by atoms with Crippen LogP contribution < -0.4 is 10.6 Å². The zero-order valence-corrected chi connectivity index (χ0v) is 12.3. The molecule has 0 aromatic carbocycles. The van der Waals surface area contributed by atoms with Crippen molar-refractivity contribution in [1.29, 1.82) is 0 Å². The molecule has 1 saturated heterocycles. The molecule has 0 saturated carbocycles. The number of nitro groups is 1. The maximum atomic E-state index is 11.1. The van der Waals surface area contributed by atoms with Gasteiger partial charge in [0.25, 0.3) is 0 Å². The third-order valence-electron chi connectivity index (χ3n) is 3.33. The normalized spacial score (nSPS) is 21.8. The lowest BCUT2D eigenvalue weighted by Gasteiger charge is -2.28. The van der Waals surface area contributed by atoms with Gasteiger partial charge in [-0.15, -0.1) is 0 Å². The molecule has 0 aliphatic carbocycles. The van der Waals surface area contributed by atoms with Crippen molar-refractivity contribution in [2.75, 3.05) is 23.8 Å². The zero-order valence-electron chi connectivity index (χ0n) is 12.3. The molecule has 0 radical (unpaired) electrons. The largest absolute Gasteiger partial charge is 0.378 e. The van der Waals surface area contributed by atoms with Crippen LogP contribution in [0.1, 0.15) is 33.1 Å². The third-order valence-corrected chi connectivity index (χ3v) is 3.33. The van der Waals surface area contributed by atoms with Crippen LogP contribution in [0.5, 0.6) is 0 Å². The molecule has 116 valence electrons. The smallest absolute Gasteiger partial charge is 0.329 e. The Bertz CT molecular complexity index is 497. The zero-order chi connectivity index (χ0) is 15.2. The van der Waals surface area contributed by atoms with Crippen molar-refractivity contribution in [3.63, 3.8) is 0 Å². The molecule has 2 atom stereocenters. The SMILES string of the molecule is CCCNc1ncc([N+](=O)[O-])c(NC2CCOC(C)C2)n1. The van der Waals surface area contributed by atoms with E-state index in [1.807, 2.05) is 13.8 Å². The molecular weight excluding hydrogens is 274 g/mol. The molecule has 0 bridgehead atoms. The van der Waals surface area contributed by atoms with Crippen LogP contribution >= 0.6 is 0 Å². The van der Waals surface area contributed by atoms with E-state index in [2.05, 4.69) is 20.6 Å². The standard InChI is InChI=1S/C13H21N5O3/c1-3-5-14-13-15-8-11(18(19)20)12(17-13)16-10-4-6-21-9(2)7-10/h8-10H,3-7H2,1-2H3,(H2,14,15,16,17). The van der Waals surface area contributed by atoms with Crippen LogP contribution in [0.15, 0.2) is 6.20 Å². The topological polar surface area (TPSA) is 102 Å². The van der Waals surface area contributed by atoms with Gasteiger partial charge in [0.05, 0.1) is 11.0 Å². The Hall–Kier alpha value is -1.96. The molecule has 1 aliphatic heterocycles. The second kappa shape index (κ2) is 7.16. The summed E-state index contributed by atoms with van der Waals surface area (Å²) in [4.78, 5) is 18.8. The minimum atomic E-state index is -0.464. The van der Waals surface area contributed by atoms with Crippen molar-refractivity contribution in [2.45, 2.75) is 45.3 Å². The minimum Gasteiger partial charge on any atom is -0.378 e. The number of ether oxygens (including phenoxy) is 1. The van der Waals surface area contributed by atoms with Crippen molar-refractivity contribution in [3.8, 4) is 0 Å². The molecule has 1 fully saturated rings. The average molecular weight is 295 g/mol. The maximum Gasteiger partial charge on any atom is 0.329 e. The van der Waals surface area contributed by atoms with E-state index in [1.165, 1.54) is 6.20 Å². The number of anilines is 2. The Kier molecular flexibility index (Phi) is 5.26. The van der Waals surface area contributed by atoms with E-state index in [9.17, 15) is 10.1 Å². The fraction of sp³-hybridized carbons (Fsp3) is 0.692. The molecule has 8 heteroatoms. The summed E-state index contributed by atoms with van der Waals surface area (Å²) in [6.07, 6.45) is 3.94. The summed E-state index contributed by atoms with van der Waals surface area (Å²) in [6, 6.07) is 0.126. The van der Waals surface area contributed by atoms with Gasteiger partial charge in [-0.3, -0.25) is 10.1 Å². The second-order valence-corrected chi connectivity index (χ2v) is 5.16. The Labute approximate surface area is 123 Å². The highest BCUT2D eigenvalue weighted by Gasteiger charge is 2.24. The molecule has 2 heterocycles. The van der Waals surface area contributed by atoms with Crippen molar-refractivity contribution in [1.82, 2.24) is 9.97 Å². The summed E-state index contributed by atoms with van der Waals surface area (Å²) >= 11 is 0. The molecule has 8 nitrogen and oxygen atoms in total. The number of hydrogen-bond acceptors (Lipinski definition) is 7. The number of rotatable bonds is 6. The van der Waals surface area contributed by atoms with Gasteiger partial charge in [-0.2, -0.15) is 4.98 Å². The number of hydrogen-bond donors (Lipinski definition) is 2. The van der Waals surface area contributed by atoms with Gasteiger partial charge in [0.2, 0.25) is 11.8 Å². The molecule has 1 aliphatic rings. The van der Waals surface area contributed by atoms with Crippen LogP contribution in [-0.2, 0) is 4.74 Å². The number of nitrogens with zero attached hydrogens (tertiary/aromatic N) is 3. The number of aromatic nitrogens is 2. The molecule has 0 amide bonds. The van der Waals surface area contributed by atoms with Gasteiger partial charge in [0.1, 0.15) is 6.20 Å². The van der Waals surface area contributed by atoms with Crippen molar-refractivity contribution in [3.05, 3.63) is 16.3 Å². The van der Waals surface area contributed by atoms with Gasteiger partial charge in [-0.25, -0.2) is 4.98 Å². The lowest BCUT2D eigenvalue weighted by Crippen LogP contribution is -2.33. The first-order chi connectivity index (χ1) is 10.1. The van der Waals surface area contributed by atoms with Gasteiger partial charge in [-0.05, 0) is 26.2 Å². The van der Waals surface area contributed by atoms with Gasteiger partial charge >= 0.3 is 5.69 Å². The molecule has 0 spiro atoms. The average Bonchev–Trinajstić information content (AvgIpc) is 2.45. The van der Waals surface area contributed by atoms with Crippen molar-refractivity contribution in [2.24, 2.45) is 0 Å². The lowest BCUT2D eigenvalue weighted by atomic mass is 10.0. The Morgan fingerprint density at radius 1 is 1.57 bits per heavy atom. The lowest BCUT2D eigenvalue weighted by molar-refractivity contribution is -0.384. The van der Waals surface area contributed by atoms with E-state index in [0.717, 1.165) is 25.8 Å². The van der Waals surface area contributed by atoms with Crippen LogP contribution in [0.25, 0.3) is 0 Å². The van der Waals surface area contributed by atoms with Crippen molar-refractivity contribution < 1.29 is 9.66 Å². The van der Waals surface area contributed by atoms with E-state index in [4.69, 9.17) is 4.74 Å². The summed E-state index contributed by atoms with van der Waals surface area (Å²) in [6.45, 7) is 5.40. The van der Waals surface area contributed by atoms with Gasteiger partial charge in [0, 0.05) is 19.2 Å². The fourth-order valence-electron chi connectivity index (χ4n) is 2.26. The van der Waals surface area contributed by atoms with Crippen molar-refractivity contribution >= 4 is 17.5 Å². The second-order valence-electron chi connectivity index (χ2n) is 5.16. The van der Waals surface area contributed by atoms with Gasteiger partial charge in [0.15, 0.2) is 0 Å². The number of nitrogens with one attached hydrogen (secondary N) is 2. The Morgan fingerprint density at radius 3 is 3.05 bits per heavy atom. The summed E-state index contributed by atoms with van der Waals surface area (Å²) in [5.74, 6) is 0.678. The van der Waals surface area contributed by atoms with Gasteiger partial charge in [-0.1, -0.05) is 6.92 Å². The molecule has 1 aromatic rings. The van der Waals surface area contributed by atoms with Crippen LogP contribution in [-0.4, -0.2) is 40.2 Å². The van der Waals surface area contributed by atoms with E-state index in [1.54, 1.807) is 0 Å². The highest BCUT2D eigenvalue weighted by Crippen LogP contribution is 2.25. The highest BCUT2D eigenvalue weighted by molar-refractivity contribution is 5.57. The van der Waals surface area contributed by atoms with Crippen LogP contribution in [0.3, 0.4) is 0 Å². The maximum absolute atomic E-state index is 11.1. The first-order valence-corrected chi connectivity index (χ1v) is 7.23. The predicted molar refractivity (Wildman–Crippen MR) is 79.5 cm³/mol. The fourth-order valence-corrected chi connectivity index (χ4v) is 2.26. The van der Waals surface area contributed by atoms with Crippen LogP contribution in [0.4, 0.5) is 17.5 Å². The van der Waals surface area contributed by atoms with Crippen LogP contribution in [0, 0.1) is 10.1 Å². The third kappa shape index (κ3) is 4.25. The van der Waals surface area contributed by atoms with E-state index in [0.29, 0.717) is 12.6 Å². The molecule has 1 aromatic heterocycles. The first kappa shape index (κ1) is 15.4. The Balaban J connectivity index is 2.15. The quantitative estimate of drug-likeness (QED) is 0.612. The van der Waals surface area contributed by atoms with E-state index >= 15 is 0 Å². The van der Waals surface area contributed by atoms with Crippen LogP contribution in [0.2, 0.25) is 0 Å². The summed E-state index contributed by atoms with van der Waals surface area (Å²) in [7, 11) is 0. The van der Waals surface area contributed by atoms with E-state index < -0.39 is 4.92 Å². The van der Waals surface area contributed by atoms with Gasteiger partial charge < -0.3 is 15.4 Å². The van der Waals surface area contributed by atoms with E-state index in [-0.39, 0.29) is 23.7 Å². The molecule has 2 rings (SSSR count). The molecule has 21 heavy (non-hydrogen) atoms. The predicted octanol–water partition coefficient (Wildman–Crippen LogP) is 2.19. The highest BCUT2D eigenvalue weighted by atomic mass is 16.6. The molecule has 2 unspecified atom stereocenters. The summed E-state index contributed by atoms with van der Waals surface area (Å²) in [5, 5.41) is 17.3. The Morgan fingerprint density at radius 2 is 2.38 bits per heavy atom.